The standard InChI is InChI=1S/C11H14N4O2/c1-7-4-8(14-6-13-7)5-12-11(17)9-2-3-10(16)15-9/h4,6,9H,2-3,5H2,1H3,(H,12,17)(H,15,16). The molecule has 0 radical (unpaired) electrons. The first-order chi connectivity index (χ1) is 8.15. The van der Waals surface area contributed by atoms with E-state index in [0.29, 0.717) is 19.4 Å². The van der Waals surface area contributed by atoms with E-state index >= 15 is 0 Å². The van der Waals surface area contributed by atoms with E-state index in [-0.39, 0.29) is 11.8 Å². The Bertz CT molecular complexity index is 447. The van der Waals surface area contributed by atoms with E-state index < -0.39 is 6.04 Å². The van der Waals surface area contributed by atoms with Gasteiger partial charge in [-0.05, 0) is 19.4 Å². The summed E-state index contributed by atoms with van der Waals surface area (Å²) in [7, 11) is 0. The number of aromatic nitrogens is 2. The van der Waals surface area contributed by atoms with Gasteiger partial charge in [0, 0.05) is 12.1 Å². The Morgan fingerprint density at radius 1 is 1.59 bits per heavy atom. The molecular formula is C11H14N4O2. The summed E-state index contributed by atoms with van der Waals surface area (Å²) in [6, 6.07) is 1.42. The molecule has 17 heavy (non-hydrogen) atoms. The van der Waals surface area contributed by atoms with Gasteiger partial charge in [0.05, 0.1) is 12.2 Å². The van der Waals surface area contributed by atoms with Crippen LogP contribution in [0.1, 0.15) is 24.2 Å². The average Bonchev–Trinajstić information content (AvgIpc) is 2.73. The van der Waals surface area contributed by atoms with Crippen molar-refractivity contribution in [2.75, 3.05) is 0 Å². The van der Waals surface area contributed by atoms with Gasteiger partial charge in [0.2, 0.25) is 11.8 Å². The van der Waals surface area contributed by atoms with E-state index in [0.717, 1.165) is 11.4 Å². The zero-order valence-corrected chi connectivity index (χ0v) is 9.56. The SMILES string of the molecule is Cc1cc(CNC(=O)C2CCC(=O)N2)ncn1. The number of rotatable bonds is 3. The summed E-state index contributed by atoms with van der Waals surface area (Å²) in [6.07, 6.45) is 2.45. The van der Waals surface area contributed by atoms with E-state index in [2.05, 4.69) is 20.6 Å². The van der Waals surface area contributed by atoms with Crippen LogP contribution < -0.4 is 10.6 Å². The Labute approximate surface area is 98.8 Å². The lowest BCUT2D eigenvalue weighted by molar-refractivity contribution is -0.125. The van der Waals surface area contributed by atoms with Gasteiger partial charge in [-0.25, -0.2) is 9.97 Å². The summed E-state index contributed by atoms with van der Waals surface area (Å²) < 4.78 is 0. The predicted molar refractivity (Wildman–Crippen MR) is 59.8 cm³/mol. The maximum absolute atomic E-state index is 11.7. The molecule has 2 heterocycles. The molecule has 6 nitrogen and oxygen atoms in total. The fraction of sp³-hybridized carbons (Fsp3) is 0.455. The van der Waals surface area contributed by atoms with Crippen molar-refractivity contribution in [1.82, 2.24) is 20.6 Å². The zero-order chi connectivity index (χ0) is 12.3. The van der Waals surface area contributed by atoms with Gasteiger partial charge in [-0.1, -0.05) is 0 Å². The van der Waals surface area contributed by atoms with Gasteiger partial charge >= 0.3 is 0 Å². The molecule has 1 aliphatic rings. The van der Waals surface area contributed by atoms with Crippen molar-refractivity contribution >= 4 is 11.8 Å². The Balaban J connectivity index is 1.86. The first-order valence-corrected chi connectivity index (χ1v) is 5.50. The molecule has 0 spiro atoms. The number of carbonyl (C=O) groups excluding carboxylic acids is 2. The summed E-state index contributed by atoms with van der Waals surface area (Å²) in [5.74, 6) is -0.227. The lowest BCUT2D eigenvalue weighted by atomic mass is 10.2. The highest BCUT2D eigenvalue weighted by molar-refractivity contribution is 5.90. The van der Waals surface area contributed by atoms with Crippen molar-refractivity contribution in [3.63, 3.8) is 0 Å². The number of hydrogen-bond donors (Lipinski definition) is 2. The summed E-state index contributed by atoms with van der Waals surface area (Å²) in [4.78, 5) is 30.7. The fourth-order valence-electron chi connectivity index (χ4n) is 1.72. The van der Waals surface area contributed by atoms with Gasteiger partial charge in [-0.3, -0.25) is 9.59 Å². The summed E-state index contributed by atoms with van der Waals surface area (Å²) in [6.45, 7) is 2.22. The van der Waals surface area contributed by atoms with E-state index in [1.165, 1.54) is 6.33 Å². The average molecular weight is 234 g/mol. The molecule has 1 unspecified atom stereocenters. The number of carbonyl (C=O) groups is 2. The molecule has 1 aliphatic heterocycles. The van der Waals surface area contributed by atoms with E-state index in [1.807, 2.05) is 13.0 Å². The molecular weight excluding hydrogens is 220 g/mol. The Kier molecular flexibility index (Phi) is 3.32. The van der Waals surface area contributed by atoms with Crippen molar-refractivity contribution in [3.05, 3.63) is 23.8 Å². The van der Waals surface area contributed by atoms with Gasteiger partial charge in [0.1, 0.15) is 12.4 Å². The Hall–Kier alpha value is -1.98. The van der Waals surface area contributed by atoms with E-state index in [9.17, 15) is 9.59 Å². The van der Waals surface area contributed by atoms with Crippen LogP contribution in [0.5, 0.6) is 0 Å². The molecule has 2 N–H and O–H groups in total. The predicted octanol–water partition coefficient (Wildman–Crippen LogP) is -0.320. The minimum Gasteiger partial charge on any atom is -0.349 e. The van der Waals surface area contributed by atoms with E-state index in [4.69, 9.17) is 0 Å². The van der Waals surface area contributed by atoms with E-state index in [1.54, 1.807) is 0 Å². The number of nitrogens with one attached hydrogen (secondary N) is 2. The Morgan fingerprint density at radius 2 is 2.41 bits per heavy atom. The molecule has 90 valence electrons. The zero-order valence-electron chi connectivity index (χ0n) is 9.56. The van der Waals surface area contributed by atoms with Gasteiger partial charge in [-0.2, -0.15) is 0 Å². The molecule has 0 bridgehead atoms. The second kappa shape index (κ2) is 4.90. The second-order valence-corrected chi connectivity index (χ2v) is 4.03. The van der Waals surface area contributed by atoms with Crippen LogP contribution in [0.4, 0.5) is 0 Å². The van der Waals surface area contributed by atoms with Crippen LogP contribution in [0.25, 0.3) is 0 Å². The Morgan fingerprint density at radius 3 is 3.06 bits per heavy atom. The third-order valence-electron chi connectivity index (χ3n) is 2.62. The van der Waals surface area contributed by atoms with Gasteiger partial charge < -0.3 is 10.6 Å². The molecule has 0 aliphatic carbocycles. The van der Waals surface area contributed by atoms with Gasteiger partial charge in [0.25, 0.3) is 0 Å². The number of aryl methyl sites for hydroxylation is 1. The fourth-order valence-corrected chi connectivity index (χ4v) is 1.72. The second-order valence-electron chi connectivity index (χ2n) is 4.03. The monoisotopic (exact) mass is 234 g/mol. The minimum atomic E-state index is -0.398. The smallest absolute Gasteiger partial charge is 0.242 e. The molecule has 1 atom stereocenters. The maximum atomic E-state index is 11.7. The minimum absolute atomic E-state index is 0.0666. The van der Waals surface area contributed by atoms with Crippen molar-refractivity contribution in [1.29, 1.82) is 0 Å². The topological polar surface area (TPSA) is 84.0 Å². The van der Waals surface area contributed by atoms with Crippen LogP contribution in [0.3, 0.4) is 0 Å². The van der Waals surface area contributed by atoms with Crippen LogP contribution >= 0.6 is 0 Å². The van der Waals surface area contributed by atoms with Crippen molar-refractivity contribution < 1.29 is 9.59 Å². The molecule has 1 aromatic rings. The van der Waals surface area contributed by atoms with Crippen LogP contribution in [0.15, 0.2) is 12.4 Å². The van der Waals surface area contributed by atoms with Crippen LogP contribution in [-0.2, 0) is 16.1 Å². The highest BCUT2D eigenvalue weighted by atomic mass is 16.2. The van der Waals surface area contributed by atoms with Gasteiger partial charge in [-0.15, -0.1) is 0 Å². The molecule has 1 saturated heterocycles. The van der Waals surface area contributed by atoms with Crippen molar-refractivity contribution in [2.45, 2.75) is 32.4 Å². The molecule has 0 aromatic carbocycles. The molecule has 0 saturated carbocycles. The highest BCUT2D eigenvalue weighted by Crippen LogP contribution is 2.06. The largest absolute Gasteiger partial charge is 0.349 e. The molecule has 6 heteroatoms. The van der Waals surface area contributed by atoms with Crippen molar-refractivity contribution in [2.24, 2.45) is 0 Å². The number of amides is 2. The van der Waals surface area contributed by atoms with Crippen LogP contribution in [0.2, 0.25) is 0 Å². The lowest BCUT2D eigenvalue weighted by Gasteiger charge is -2.10. The normalized spacial score (nSPS) is 18.9. The molecule has 2 amide bonds. The quantitative estimate of drug-likeness (QED) is 0.750. The molecule has 2 rings (SSSR count). The summed E-state index contributed by atoms with van der Waals surface area (Å²) >= 11 is 0. The maximum Gasteiger partial charge on any atom is 0.242 e. The van der Waals surface area contributed by atoms with Crippen LogP contribution in [0, 0.1) is 6.92 Å². The summed E-state index contributed by atoms with van der Waals surface area (Å²) in [5.41, 5.74) is 1.62. The molecule has 1 aromatic heterocycles. The third kappa shape index (κ3) is 2.99. The van der Waals surface area contributed by atoms with Crippen molar-refractivity contribution in [3.8, 4) is 0 Å². The molecule has 1 fully saturated rings. The van der Waals surface area contributed by atoms with Gasteiger partial charge in [0.15, 0.2) is 0 Å². The number of hydrogen-bond acceptors (Lipinski definition) is 4. The van der Waals surface area contributed by atoms with Crippen LogP contribution in [-0.4, -0.2) is 27.8 Å². The first kappa shape index (κ1) is 11.5. The third-order valence-corrected chi connectivity index (χ3v) is 2.62. The highest BCUT2D eigenvalue weighted by Gasteiger charge is 2.26. The first-order valence-electron chi connectivity index (χ1n) is 5.50. The summed E-state index contributed by atoms with van der Waals surface area (Å²) in [5, 5.41) is 5.36. The lowest BCUT2D eigenvalue weighted by Crippen LogP contribution is -2.41. The number of nitrogens with zero attached hydrogens (tertiary/aromatic N) is 2.